The number of anilines is 1. The molecule has 0 saturated heterocycles. The second-order valence-electron chi connectivity index (χ2n) is 4.11. The van der Waals surface area contributed by atoms with Crippen molar-refractivity contribution in [3.63, 3.8) is 0 Å². The number of nitrogens with one attached hydrogen (secondary N) is 2. The Morgan fingerprint density at radius 2 is 2.00 bits per heavy atom. The fourth-order valence-electron chi connectivity index (χ4n) is 1.66. The van der Waals surface area contributed by atoms with Crippen molar-refractivity contribution in [2.75, 3.05) is 4.72 Å². The van der Waals surface area contributed by atoms with Crippen molar-refractivity contribution in [2.45, 2.75) is 19.1 Å². The molecule has 0 spiro atoms. The number of aromatic nitrogens is 2. The van der Waals surface area contributed by atoms with Gasteiger partial charge >= 0.3 is 0 Å². The van der Waals surface area contributed by atoms with E-state index >= 15 is 0 Å². The molecule has 1 heterocycles. The molecule has 102 valence electrons. The maximum Gasteiger partial charge on any atom is 0.238 e. The van der Waals surface area contributed by atoms with Crippen LogP contribution in [0.5, 0.6) is 0 Å². The Morgan fingerprint density at radius 3 is 2.63 bits per heavy atom. The van der Waals surface area contributed by atoms with Gasteiger partial charge < -0.3 is 0 Å². The molecule has 0 fully saturated rings. The number of H-pyrrole nitrogens is 1. The molecule has 2 aromatic rings. The van der Waals surface area contributed by atoms with Crippen LogP contribution in [-0.2, 0) is 22.2 Å². The highest BCUT2D eigenvalue weighted by atomic mass is 32.2. The molecule has 1 aromatic heterocycles. The summed E-state index contributed by atoms with van der Waals surface area (Å²) in [5, 5.41) is 6.40. The Hall–Kier alpha value is -1.89. The van der Waals surface area contributed by atoms with Gasteiger partial charge in [0.2, 0.25) is 10.0 Å². The van der Waals surface area contributed by atoms with Gasteiger partial charge in [-0.2, -0.15) is 5.10 Å². The van der Waals surface area contributed by atoms with E-state index in [1.807, 2.05) is 6.92 Å². The van der Waals surface area contributed by atoms with Crippen LogP contribution in [0.4, 0.5) is 10.2 Å². The van der Waals surface area contributed by atoms with Crippen LogP contribution in [0.3, 0.4) is 0 Å². The lowest BCUT2D eigenvalue weighted by atomic mass is 10.2. The summed E-state index contributed by atoms with van der Waals surface area (Å²) in [6, 6.07) is 5.36. The number of aromatic amines is 1. The maximum atomic E-state index is 12.7. The molecule has 0 radical (unpaired) electrons. The number of sulfonamides is 1. The van der Waals surface area contributed by atoms with E-state index < -0.39 is 15.8 Å². The quantitative estimate of drug-likeness (QED) is 0.882. The van der Waals surface area contributed by atoms with Crippen molar-refractivity contribution in [1.82, 2.24) is 10.2 Å². The van der Waals surface area contributed by atoms with Crippen molar-refractivity contribution in [3.8, 4) is 0 Å². The first-order valence-corrected chi connectivity index (χ1v) is 7.42. The third-order valence-electron chi connectivity index (χ3n) is 2.63. The molecule has 0 aliphatic rings. The van der Waals surface area contributed by atoms with E-state index in [4.69, 9.17) is 0 Å². The summed E-state index contributed by atoms with van der Waals surface area (Å²) < 4.78 is 39.1. The minimum atomic E-state index is -3.55. The van der Waals surface area contributed by atoms with Gasteiger partial charge in [0.05, 0.1) is 11.9 Å². The molecule has 5 nitrogen and oxygen atoms in total. The molecule has 2 rings (SSSR count). The zero-order chi connectivity index (χ0) is 13.9. The number of nitrogens with zero attached hydrogens (tertiary/aromatic N) is 1. The number of hydrogen-bond donors (Lipinski definition) is 2. The smallest absolute Gasteiger partial charge is 0.238 e. The lowest BCUT2D eigenvalue weighted by Gasteiger charge is -2.07. The van der Waals surface area contributed by atoms with E-state index in [1.165, 1.54) is 24.3 Å². The van der Waals surface area contributed by atoms with E-state index in [9.17, 15) is 12.8 Å². The van der Waals surface area contributed by atoms with Crippen molar-refractivity contribution in [1.29, 1.82) is 0 Å². The highest BCUT2D eigenvalue weighted by Crippen LogP contribution is 2.15. The average Bonchev–Trinajstić information content (AvgIpc) is 2.78. The number of rotatable bonds is 5. The number of halogens is 1. The first kappa shape index (κ1) is 13.5. The summed E-state index contributed by atoms with van der Waals surface area (Å²) in [4.78, 5) is 0. The molecule has 0 aliphatic carbocycles. The van der Waals surface area contributed by atoms with Crippen LogP contribution in [0.2, 0.25) is 0 Å². The molecule has 0 amide bonds. The molecule has 2 N–H and O–H groups in total. The predicted octanol–water partition coefficient (Wildman–Crippen LogP) is 2.05. The van der Waals surface area contributed by atoms with E-state index in [1.54, 1.807) is 6.20 Å². The molecule has 1 aromatic carbocycles. The topological polar surface area (TPSA) is 74.8 Å². The lowest BCUT2D eigenvalue weighted by Crippen LogP contribution is -2.16. The molecular formula is C12H14FN3O2S. The minimum absolute atomic E-state index is 0.213. The second-order valence-corrected chi connectivity index (χ2v) is 5.83. The summed E-state index contributed by atoms with van der Waals surface area (Å²) in [5.41, 5.74) is 1.31. The van der Waals surface area contributed by atoms with Gasteiger partial charge in [-0.15, -0.1) is 0 Å². The highest BCUT2D eigenvalue weighted by molar-refractivity contribution is 7.91. The monoisotopic (exact) mass is 283 g/mol. The van der Waals surface area contributed by atoms with E-state index in [0.717, 1.165) is 5.56 Å². The zero-order valence-electron chi connectivity index (χ0n) is 10.4. The standard InChI is InChI=1S/C12H14FN3O2S/c1-2-10-7-14-15-12(10)16-19(17,18)8-9-3-5-11(13)6-4-9/h3-7H,2,8H2,1H3,(H2,14,15,16). The van der Waals surface area contributed by atoms with Gasteiger partial charge in [0.25, 0.3) is 0 Å². The second kappa shape index (κ2) is 5.40. The van der Waals surface area contributed by atoms with Gasteiger partial charge in [-0.3, -0.25) is 9.82 Å². The third-order valence-corrected chi connectivity index (χ3v) is 3.85. The fourth-order valence-corrected chi connectivity index (χ4v) is 2.85. The van der Waals surface area contributed by atoms with Crippen LogP contribution in [0, 0.1) is 5.82 Å². The average molecular weight is 283 g/mol. The number of aryl methyl sites for hydroxylation is 1. The summed E-state index contributed by atoms with van der Waals surface area (Å²) >= 11 is 0. The Morgan fingerprint density at radius 1 is 1.32 bits per heavy atom. The van der Waals surface area contributed by atoms with Crippen LogP contribution >= 0.6 is 0 Å². The summed E-state index contributed by atoms with van der Waals surface area (Å²) in [5.74, 6) is -0.226. The van der Waals surface area contributed by atoms with Gasteiger partial charge in [-0.25, -0.2) is 12.8 Å². The summed E-state index contributed by atoms with van der Waals surface area (Å²) in [6.07, 6.45) is 2.25. The molecule has 19 heavy (non-hydrogen) atoms. The van der Waals surface area contributed by atoms with Crippen molar-refractivity contribution in [2.24, 2.45) is 0 Å². The van der Waals surface area contributed by atoms with Gasteiger partial charge in [0.1, 0.15) is 11.6 Å². The summed E-state index contributed by atoms with van der Waals surface area (Å²) in [6.45, 7) is 1.91. The van der Waals surface area contributed by atoms with Crippen LogP contribution in [0.15, 0.2) is 30.5 Å². The van der Waals surface area contributed by atoms with Gasteiger partial charge in [0, 0.05) is 5.56 Å². The molecule has 0 unspecified atom stereocenters. The predicted molar refractivity (Wildman–Crippen MR) is 70.6 cm³/mol. The van der Waals surface area contributed by atoms with Crippen molar-refractivity contribution in [3.05, 3.63) is 47.4 Å². The van der Waals surface area contributed by atoms with Crippen LogP contribution in [-0.4, -0.2) is 18.6 Å². The Balaban J connectivity index is 2.13. The Kier molecular flexibility index (Phi) is 3.84. The van der Waals surface area contributed by atoms with Gasteiger partial charge in [-0.05, 0) is 24.1 Å². The van der Waals surface area contributed by atoms with E-state index in [-0.39, 0.29) is 5.75 Å². The Bertz CT molecular complexity index is 650. The van der Waals surface area contributed by atoms with Crippen molar-refractivity contribution >= 4 is 15.8 Å². The molecule has 0 atom stereocenters. The van der Waals surface area contributed by atoms with Crippen LogP contribution < -0.4 is 4.72 Å². The van der Waals surface area contributed by atoms with Gasteiger partial charge in [0.15, 0.2) is 0 Å². The number of benzene rings is 1. The summed E-state index contributed by atoms with van der Waals surface area (Å²) in [7, 11) is -3.55. The molecule has 0 bridgehead atoms. The molecule has 7 heteroatoms. The van der Waals surface area contributed by atoms with Crippen LogP contribution in [0.1, 0.15) is 18.1 Å². The maximum absolute atomic E-state index is 12.7. The normalized spacial score (nSPS) is 11.5. The van der Waals surface area contributed by atoms with E-state index in [2.05, 4.69) is 14.9 Å². The van der Waals surface area contributed by atoms with Gasteiger partial charge in [-0.1, -0.05) is 19.1 Å². The third kappa shape index (κ3) is 3.54. The molecule has 0 saturated carbocycles. The Labute approximate surface area is 110 Å². The van der Waals surface area contributed by atoms with Crippen molar-refractivity contribution < 1.29 is 12.8 Å². The SMILES string of the molecule is CCc1cn[nH]c1NS(=O)(=O)Cc1ccc(F)cc1. The highest BCUT2D eigenvalue weighted by Gasteiger charge is 2.14. The first-order chi connectivity index (χ1) is 9.00. The first-order valence-electron chi connectivity index (χ1n) is 5.77. The molecular weight excluding hydrogens is 269 g/mol. The zero-order valence-corrected chi connectivity index (χ0v) is 11.2. The van der Waals surface area contributed by atoms with Crippen LogP contribution in [0.25, 0.3) is 0 Å². The van der Waals surface area contributed by atoms with E-state index in [0.29, 0.717) is 17.8 Å². The minimum Gasteiger partial charge on any atom is -0.267 e. The largest absolute Gasteiger partial charge is 0.267 e. The molecule has 0 aliphatic heterocycles. The number of hydrogen-bond acceptors (Lipinski definition) is 3. The fraction of sp³-hybridized carbons (Fsp3) is 0.250. The lowest BCUT2D eigenvalue weighted by molar-refractivity contribution is 0.599.